The minimum absolute atomic E-state index is 0.399. The Balaban J connectivity index is 1.21. The molecule has 37 heavy (non-hydrogen) atoms. The van der Waals surface area contributed by atoms with Gasteiger partial charge in [-0.05, 0) is 87.5 Å². The third-order valence-electron chi connectivity index (χ3n) is 9.65. The molecule has 0 spiro atoms. The molecule has 6 nitrogen and oxygen atoms in total. The van der Waals surface area contributed by atoms with Crippen LogP contribution in [0.2, 0.25) is 0 Å². The molecule has 2 aliphatic heterocycles. The monoisotopic (exact) mass is 504 g/mol. The second-order valence-corrected chi connectivity index (χ2v) is 12.3. The van der Waals surface area contributed by atoms with Gasteiger partial charge in [-0.2, -0.15) is 0 Å². The number of benzene rings is 2. The Bertz CT molecular complexity index is 1030. The third kappa shape index (κ3) is 5.03. The van der Waals surface area contributed by atoms with Crippen molar-refractivity contribution < 1.29 is 10.2 Å². The molecule has 2 bridgehead atoms. The molecule has 200 valence electrons. The van der Waals surface area contributed by atoms with Gasteiger partial charge in [0.1, 0.15) is 11.5 Å². The van der Waals surface area contributed by atoms with E-state index in [0.717, 1.165) is 42.7 Å². The maximum absolute atomic E-state index is 10.9. The van der Waals surface area contributed by atoms with Gasteiger partial charge in [0.2, 0.25) is 0 Å². The summed E-state index contributed by atoms with van der Waals surface area (Å²) in [4.78, 5) is 4.83. The average Bonchev–Trinajstić information content (AvgIpc) is 2.89. The highest BCUT2D eigenvalue weighted by Gasteiger charge is 2.33. The van der Waals surface area contributed by atoms with Crippen LogP contribution in [0.25, 0.3) is 0 Å². The number of nitrogens with one attached hydrogen (secondary N) is 2. The number of anilines is 2. The Labute approximate surface area is 222 Å². The number of nitrogens with zero attached hydrogens (tertiary/aromatic N) is 2. The van der Waals surface area contributed by atoms with Crippen LogP contribution in [0.3, 0.4) is 0 Å². The second kappa shape index (κ2) is 10.4. The van der Waals surface area contributed by atoms with E-state index in [1.54, 1.807) is 0 Å². The third-order valence-corrected chi connectivity index (χ3v) is 9.65. The summed E-state index contributed by atoms with van der Waals surface area (Å²) in [5, 5.41) is 29.3. The van der Waals surface area contributed by atoms with Gasteiger partial charge in [0.05, 0.1) is 6.67 Å². The van der Waals surface area contributed by atoms with E-state index in [9.17, 15) is 10.2 Å². The fraction of sp³-hybridized carbons (Fsp3) is 0.613. The van der Waals surface area contributed by atoms with Crippen molar-refractivity contribution in [2.45, 2.75) is 103 Å². The number of aromatic hydroxyl groups is 2. The quantitative estimate of drug-likeness (QED) is 0.403. The number of hydrogen-bond acceptors (Lipinski definition) is 6. The summed E-state index contributed by atoms with van der Waals surface area (Å²) in [7, 11) is 0. The molecule has 2 saturated carbocycles. The molecule has 2 aromatic rings. The first-order chi connectivity index (χ1) is 18.0. The molecule has 6 rings (SSSR count). The van der Waals surface area contributed by atoms with E-state index in [0.29, 0.717) is 36.7 Å². The van der Waals surface area contributed by atoms with E-state index in [2.05, 4.69) is 46.4 Å². The minimum Gasteiger partial charge on any atom is -0.508 e. The maximum Gasteiger partial charge on any atom is 0.120 e. The number of phenolic OH excluding ortho intramolecular Hbond substituents is 2. The molecule has 4 aliphatic rings. The molecule has 2 aromatic carbocycles. The van der Waals surface area contributed by atoms with Gasteiger partial charge in [-0.3, -0.25) is 0 Å². The van der Waals surface area contributed by atoms with Gasteiger partial charge in [-0.1, -0.05) is 13.8 Å². The Morgan fingerprint density at radius 1 is 0.649 bits per heavy atom. The van der Waals surface area contributed by atoms with Crippen LogP contribution in [0, 0.1) is 11.8 Å². The van der Waals surface area contributed by atoms with Crippen LogP contribution in [0.4, 0.5) is 11.4 Å². The smallest absolute Gasteiger partial charge is 0.120 e. The van der Waals surface area contributed by atoms with Crippen LogP contribution in [-0.4, -0.2) is 29.0 Å². The number of phenols is 2. The van der Waals surface area contributed by atoms with Crippen LogP contribution in [0.15, 0.2) is 24.3 Å². The summed E-state index contributed by atoms with van der Waals surface area (Å²) in [6.45, 7) is 8.55. The van der Waals surface area contributed by atoms with Crippen molar-refractivity contribution in [3.63, 3.8) is 0 Å². The average molecular weight is 505 g/mol. The van der Waals surface area contributed by atoms with E-state index >= 15 is 0 Å². The highest BCUT2D eigenvalue weighted by Crippen LogP contribution is 2.44. The number of hydrogen-bond donors (Lipinski definition) is 4. The lowest BCUT2D eigenvalue weighted by atomic mass is 9.87. The lowest BCUT2D eigenvalue weighted by Crippen LogP contribution is -2.47. The maximum atomic E-state index is 10.9. The van der Waals surface area contributed by atoms with Crippen LogP contribution < -0.4 is 20.4 Å². The molecule has 2 heterocycles. The van der Waals surface area contributed by atoms with Crippen LogP contribution >= 0.6 is 0 Å². The largest absolute Gasteiger partial charge is 0.508 e. The molecular weight excluding hydrogens is 460 g/mol. The van der Waals surface area contributed by atoms with Crippen molar-refractivity contribution in [3.8, 4) is 11.5 Å². The van der Waals surface area contributed by atoms with Crippen LogP contribution in [0.5, 0.6) is 11.5 Å². The normalized spacial score (nSPS) is 27.1. The first-order valence-corrected chi connectivity index (χ1v) is 14.6. The molecule has 6 heteroatoms. The van der Waals surface area contributed by atoms with E-state index in [4.69, 9.17) is 0 Å². The molecule has 0 atom stereocenters. The van der Waals surface area contributed by atoms with Gasteiger partial charge < -0.3 is 30.6 Å². The molecule has 0 aromatic heterocycles. The standard InChI is InChI=1S/C31H44N4O2/c1-20-3-7-22(8-4-20)32-15-24-26-17-34-19-35(28(26)11-13-30(24)36)18-27-25(31(37)14-12-29(27)34)16-33-23-9-5-21(2)6-10-23/h11-14,20-23,32-33,36-37H,3-10,15-19H2,1-2H3. The summed E-state index contributed by atoms with van der Waals surface area (Å²) >= 11 is 0. The SMILES string of the molecule is CC1CCC(NCc2c(O)ccc3c2CN2CN3Cc3c2ccc(O)c3CNC2CCC(C)CC2)CC1. The summed E-state index contributed by atoms with van der Waals surface area (Å²) in [5.74, 6) is 2.47. The summed E-state index contributed by atoms with van der Waals surface area (Å²) in [5.41, 5.74) is 6.99. The minimum atomic E-state index is 0.399. The first kappa shape index (κ1) is 24.9. The molecular formula is C31H44N4O2. The van der Waals surface area contributed by atoms with E-state index < -0.39 is 0 Å². The summed E-state index contributed by atoms with van der Waals surface area (Å²) < 4.78 is 0. The van der Waals surface area contributed by atoms with Crippen molar-refractivity contribution in [2.75, 3.05) is 16.5 Å². The molecule has 2 aliphatic carbocycles. The number of fused-ring (bicyclic) bond motifs is 6. The van der Waals surface area contributed by atoms with Crippen molar-refractivity contribution in [3.05, 3.63) is 46.5 Å². The predicted octanol–water partition coefficient (Wildman–Crippen LogP) is 5.73. The highest BCUT2D eigenvalue weighted by atomic mass is 16.3. The molecule has 0 unspecified atom stereocenters. The Morgan fingerprint density at radius 3 is 1.46 bits per heavy atom. The molecule has 0 radical (unpaired) electrons. The lowest BCUT2D eigenvalue weighted by molar-refractivity contribution is 0.305. The summed E-state index contributed by atoms with van der Waals surface area (Å²) in [6, 6.07) is 9.01. The fourth-order valence-electron chi connectivity index (χ4n) is 7.11. The van der Waals surface area contributed by atoms with Gasteiger partial charge in [-0.15, -0.1) is 0 Å². The molecule has 0 saturated heterocycles. The Morgan fingerprint density at radius 2 is 1.05 bits per heavy atom. The molecule has 2 fully saturated rings. The van der Waals surface area contributed by atoms with E-state index in [1.807, 2.05) is 12.1 Å². The van der Waals surface area contributed by atoms with Crippen molar-refractivity contribution in [1.29, 1.82) is 0 Å². The van der Waals surface area contributed by atoms with Gasteiger partial charge in [0, 0.05) is 71.9 Å². The second-order valence-electron chi connectivity index (χ2n) is 12.3. The lowest BCUT2D eigenvalue weighted by Gasteiger charge is -2.46. The van der Waals surface area contributed by atoms with Crippen molar-refractivity contribution >= 4 is 11.4 Å². The zero-order valence-corrected chi connectivity index (χ0v) is 22.6. The Hall–Kier alpha value is -2.44. The van der Waals surface area contributed by atoms with Gasteiger partial charge in [-0.25, -0.2) is 0 Å². The highest BCUT2D eigenvalue weighted by molar-refractivity contribution is 5.72. The van der Waals surface area contributed by atoms with Crippen LogP contribution in [-0.2, 0) is 26.2 Å². The molecule has 0 amide bonds. The van der Waals surface area contributed by atoms with Gasteiger partial charge >= 0.3 is 0 Å². The van der Waals surface area contributed by atoms with Crippen molar-refractivity contribution in [2.24, 2.45) is 11.8 Å². The van der Waals surface area contributed by atoms with E-state index in [1.165, 1.54) is 73.9 Å². The van der Waals surface area contributed by atoms with Crippen molar-refractivity contribution in [1.82, 2.24) is 10.6 Å². The zero-order valence-electron chi connectivity index (χ0n) is 22.6. The number of rotatable bonds is 6. The first-order valence-electron chi connectivity index (χ1n) is 14.6. The zero-order chi connectivity index (χ0) is 25.5. The van der Waals surface area contributed by atoms with Crippen LogP contribution in [0.1, 0.15) is 87.5 Å². The topological polar surface area (TPSA) is 71.0 Å². The van der Waals surface area contributed by atoms with E-state index in [-0.39, 0.29) is 0 Å². The summed E-state index contributed by atoms with van der Waals surface area (Å²) in [6.07, 6.45) is 10.1. The fourth-order valence-corrected chi connectivity index (χ4v) is 7.11. The van der Waals surface area contributed by atoms with Gasteiger partial charge in [0.15, 0.2) is 0 Å². The Kier molecular flexibility index (Phi) is 6.97. The molecule has 4 N–H and O–H groups in total. The predicted molar refractivity (Wildman–Crippen MR) is 150 cm³/mol. The van der Waals surface area contributed by atoms with Gasteiger partial charge in [0.25, 0.3) is 0 Å².